The number of rotatable bonds is 6. The van der Waals surface area contributed by atoms with Gasteiger partial charge in [0.25, 0.3) is 5.91 Å². The summed E-state index contributed by atoms with van der Waals surface area (Å²) in [5.41, 5.74) is 1.63. The fourth-order valence-electron chi connectivity index (χ4n) is 3.18. The molecule has 0 saturated carbocycles. The monoisotopic (exact) mass is 403 g/mol. The van der Waals surface area contributed by atoms with Crippen LogP contribution in [0.2, 0.25) is 0 Å². The maximum Gasteiger partial charge on any atom is 0.290 e. The summed E-state index contributed by atoms with van der Waals surface area (Å²) in [6.07, 6.45) is 6.58. The minimum absolute atomic E-state index is 0.172. The van der Waals surface area contributed by atoms with Gasteiger partial charge in [-0.25, -0.2) is 8.42 Å². The first-order valence-corrected chi connectivity index (χ1v) is 10.9. The molecular weight excluding hydrogens is 376 g/mol. The van der Waals surface area contributed by atoms with Crippen molar-refractivity contribution in [3.63, 3.8) is 0 Å². The molecule has 2 heterocycles. The number of carbonyl (C=O) groups excluding carboxylic acids is 1. The Balaban J connectivity index is 1.61. The molecule has 7 nitrogen and oxygen atoms in total. The number of piperidine rings is 1. The van der Waals surface area contributed by atoms with E-state index in [1.165, 1.54) is 4.31 Å². The van der Waals surface area contributed by atoms with E-state index in [9.17, 15) is 13.2 Å². The van der Waals surface area contributed by atoms with Crippen LogP contribution in [0, 0.1) is 0 Å². The average Bonchev–Trinajstić information content (AvgIpc) is 2.69. The number of anilines is 2. The zero-order valence-electron chi connectivity index (χ0n) is 16.3. The summed E-state index contributed by atoms with van der Waals surface area (Å²) in [5, 5.41) is 2.81. The fourth-order valence-corrected chi connectivity index (χ4v) is 4.70. The molecule has 28 heavy (non-hydrogen) atoms. The molecule has 0 aliphatic carbocycles. The molecule has 1 amide bonds. The van der Waals surface area contributed by atoms with Gasteiger partial charge in [-0.3, -0.25) is 4.79 Å². The predicted molar refractivity (Wildman–Crippen MR) is 109 cm³/mol. The lowest BCUT2D eigenvalue weighted by Gasteiger charge is -2.25. The van der Waals surface area contributed by atoms with Gasteiger partial charge in [0.15, 0.2) is 12.4 Å². The molecule has 8 heteroatoms. The van der Waals surface area contributed by atoms with Crippen molar-refractivity contribution >= 4 is 27.3 Å². The van der Waals surface area contributed by atoms with Crippen LogP contribution in [0.25, 0.3) is 0 Å². The number of nitrogens with zero attached hydrogens (tertiary/aromatic N) is 3. The molecule has 3 rings (SSSR count). The van der Waals surface area contributed by atoms with E-state index in [1.54, 1.807) is 28.8 Å². The van der Waals surface area contributed by atoms with Crippen LogP contribution in [0.15, 0.2) is 53.7 Å². The van der Waals surface area contributed by atoms with E-state index in [0.29, 0.717) is 18.8 Å². The van der Waals surface area contributed by atoms with Crippen LogP contribution in [-0.4, -0.2) is 45.8 Å². The fraction of sp³-hybridized carbons (Fsp3) is 0.400. The molecule has 1 aromatic carbocycles. The summed E-state index contributed by atoms with van der Waals surface area (Å²) < 4.78 is 28.7. The minimum atomic E-state index is -3.45. The highest BCUT2D eigenvalue weighted by atomic mass is 32.2. The summed E-state index contributed by atoms with van der Waals surface area (Å²) in [7, 11) is 0.465. The second-order valence-corrected chi connectivity index (χ2v) is 9.10. The van der Waals surface area contributed by atoms with E-state index >= 15 is 0 Å². The highest BCUT2D eigenvalue weighted by Gasteiger charge is 2.25. The van der Waals surface area contributed by atoms with E-state index in [1.807, 2.05) is 43.5 Å². The minimum Gasteiger partial charge on any atom is -0.377 e. The normalized spacial score (nSPS) is 15.2. The summed E-state index contributed by atoms with van der Waals surface area (Å²) in [4.78, 5) is 14.5. The molecule has 0 unspecified atom stereocenters. The van der Waals surface area contributed by atoms with Gasteiger partial charge >= 0.3 is 0 Å². The van der Waals surface area contributed by atoms with Crippen molar-refractivity contribution in [2.75, 3.05) is 37.4 Å². The number of benzene rings is 1. The van der Waals surface area contributed by atoms with E-state index in [4.69, 9.17) is 0 Å². The molecule has 1 aliphatic heterocycles. The Hall–Kier alpha value is -2.45. The molecule has 1 aromatic heterocycles. The van der Waals surface area contributed by atoms with Gasteiger partial charge in [-0.2, -0.15) is 8.87 Å². The maximum atomic E-state index is 12.7. The molecule has 0 bridgehead atoms. The summed E-state index contributed by atoms with van der Waals surface area (Å²) >= 11 is 0. The number of sulfonamides is 1. The second-order valence-electron chi connectivity index (χ2n) is 7.16. The first-order valence-electron chi connectivity index (χ1n) is 9.43. The van der Waals surface area contributed by atoms with Crippen LogP contribution in [0.4, 0.5) is 11.4 Å². The maximum absolute atomic E-state index is 12.7. The quantitative estimate of drug-likeness (QED) is 0.747. The number of hydrogen-bond donors (Lipinski definition) is 1. The van der Waals surface area contributed by atoms with Gasteiger partial charge in [-0.05, 0) is 37.1 Å². The smallest absolute Gasteiger partial charge is 0.290 e. The van der Waals surface area contributed by atoms with Gasteiger partial charge in [-0.15, -0.1) is 0 Å². The van der Waals surface area contributed by atoms with Crippen molar-refractivity contribution in [2.24, 2.45) is 0 Å². The highest BCUT2D eigenvalue weighted by molar-refractivity contribution is 7.89. The Morgan fingerprint density at radius 1 is 1.04 bits per heavy atom. The zero-order valence-corrected chi connectivity index (χ0v) is 17.2. The summed E-state index contributed by atoms with van der Waals surface area (Å²) in [5.74, 6) is -0.172. The van der Waals surface area contributed by atoms with Gasteiger partial charge in [0, 0.05) is 50.7 Å². The number of amides is 1. The van der Waals surface area contributed by atoms with Gasteiger partial charge in [0.2, 0.25) is 16.6 Å². The Bertz CT molecular complexity index is 903. The number of hydrogen-bond acceptors (Lipinski definition) is 4. The lowest BCUT2D eigenvalue weighted by atomic mass is 10.2. The van der Waals surface area contributed by atoms with Crippen LogP contribution < -0.4 is 14.8 Å². The van der Waals surface area contributed by atoms with Crippen molar-refractivity contribution in [1.29, 1.82) is 0 Å². The molecule has 0 radical (unpaired) electrons. The summed E-state index contributed by atoms with van der Waals surface area (Å²) in [6.45, 7) is 1.33. The Morgan fingerprint density at radius 3 is 2.21 bits per heavy atom. The van der Waals surface area contributed by atoms with E-state index in [-0.39, 0.29) is 17.3 Å². The Morgan fingerprint density at radius 2 is 1.64 bits per heavy atom. The van der Waals surface area contributed by atoms with Gasteiger partial charge in [-0.1, -0.05) is 6.42 Å². The molecular formula is C20H27N4O3S+. The third kappa shape index (κ3) is 4.88. The van der Waals surface area contributed by atoms with Crippen molar-refractivity contribution in [2.45, 2.75) is 30.7 Å². The van der Waals surface area contributed by atoms with Gasteiger partial charge in [0.1, 0.15) is 0 Å². The van der Waals surface area contributed by atoms with E-state index in [2.05, 4.69) is 5.32 Å². The molecule has 1 aliphatic rings. The number of carbonyl (C=O) groups is 1. The Labute approximate surface area is 166 Å². The van der Waals surface area contributed by atoms with Crippen molar-refractivity contribution in [3.05, 3.63) is 48.8 Å². The topological polar surface area (TPSA) is 73.6 Å². The SMILES string of the molecule is CN(C)c1cc[n+](CC(=O)Nc2ccc(S(=O)(=O)N3CCCCC3)cc2)cc1. The largest absolute Gasteiger partial charge is 0.377 e. The molecule has 1 fully saturated rings. The zero-order chi connectivity index (χ0) is 20.1. The van der Waals surface area contributed by atoms with Crippen LogP contribution in [0.1, 0.15) is 19.3 Å². The van der Waals surface area contributed by atoms with E-state index < -0.39 is 10.0 Å². The molecule has 0 spiro atoms. The molecule has 0 atom stereocenters. The van der Waals surface area contributed by atoms with Crippen molar-refractivity contribution in [1.82, 2.24) is 4.31 Å². The lowest BCUT2D eigenvalue weighted by molar-refractivity contribution is -0.684. The van der Waals surface area contributed by atoms with Crippen LogP contribution in [0.3, 0.4) is 0 Å². The number of nitrogens with one attached hydrogen (secondary N) is 1. The third-order valence-corrected chi connectivity index (χ3v) is 6.72. The molecule has 1 saturated heterocycles. The average molecular weight is 404 g/mol. The molecule has 150 valence electrons. The molecule has 1 N–H and O–H groups in total. The Kier molecular flexibility index (Phi) is 6.31. The lowest BCUT2D eigenvalue weighted by Crippen LogP contribution is -2.39. The van der Waals surface area contributed by atoms with Crippen LogP contribution in [-0.2, 0) is 21.4 Å². The highest BCUT2D eigenvalue weighted by Crippen LogP contribution is 2.22. The van der Waals surface area contributed by atoms with E-state index in [0.717, 1.165) is 24.9 Å². The van der Waals surface area contributed by atoms with Crippen molar-refractivity contribution < 1.29 is 17.8 Å². The first kappa shape index (κ1) is 20.3. The predicted octanol–water partition coefficient (Wildman–Crippen LogP) is 1.85. The van der Waals surface area contributed by atoms with Gasteiger partial charge < -0.3 is 10.2 Å². The van der Waals surface area contributed by atoms with Crippen LogP contribution >= 0.6 is 0 Å². The van der Waals surface area contributed by atoms with Crippen molar-refractivity contribution in [3.8, 4) is 0 Å². The molecule has 2 aromatic rings. The second kappa shape index (κ2) is 8.70. The number of pyridine rings is 1. The standard InChI is InChI=1S/C20H26N4O3S/c1-22(2)18-10-14-23(15-11-18)16-20(25)21-17-6-8-19(9-7-17)28(26,27)24-12-4-3-5-13-24/h6-11,14-15H,3-5,12-13,16H2,1-2H3/p+1. The third-order valence-electron chi connectivity index (χ3n) is 4.81. The van der Waals surface area contributed by atoms with Gasteiger partial charge in [0.05, 0.1) is 4.90 Å². The summed E-state index contributed by atoms with van der Waals surface area (Å²) in [6, 6.07) is 10.3. The first-order chi connectivity index (χ1) is 13.4. The van der Waals surface area contributed by atoms with Crippen LogP contribution in [0.5, 0.6) is 0 Å². The number of aromatic nitrogens is 1.